The van der Waals surface area contributed by atoms with E-state index in [0.29, 0.717) is 24.6 Å². The molecule has 0 amide bonds. The van der Waals surface area contributed by atoms with Gasteiger partial charge in [-0.25, -0.2) is 12.8 Å². The number of piperidine rings is 1. The Kier molecular flexibility index (Phi) is 4.78. The van der Waals surface area contributed by atoms with Crippen LogP contribution in [0.5, 0.6) is 0 Å². The van der Waals surface area contributed by atoms with Crippen LogP contribution in [0.15, 0.2) is 23.1 Å². The summed E-state index contributed by atoms with van der Waals surface area (Å²) < 4.78 is 40.3. The SMILES string of the molecule is CCC1CCCN(S(=O)(=O)c2ccc(CO)cc2F)C1. The monoisotopic (exact) mass is 301 g/mol. The first-order chi connectivity index (χ1) is 9.48. The first-order valence-corrected chi connectivity index (χ1v) is 8.32. The smallest absolute Gasteiger partial charge is 0.245 e. The second-order valence-electron chi connectivity index (χ2n) is 5.20. The fourth-order valence-corrected chi connectivity index (χ4v) is 4.17. The molecule has 1 aliphatic heterocycles. The molecule has 1 unspecified atom stereocenters. The maximum absolute atomic E-state index is 13.9. The number of rotatable bonds is 4. The Morgan fingerprint density at radius 1 is 1.45 bits per heavy atom. The van der Waals surface area contributed by atoms with E-state index in [-0.39, 0.29) is 11.5 Å². The molecule has 0 aliphatic carbocycles. The number of aliphatic hydroxyl groups excluding tert-OH is 1. The number of hydrogen-bond acceptors (Lipinski definition) is 3. The molecule has 1 aliphatic rings. The third-order valence-corrected chi connectivity index (χ3v) is 5.75. The summed E-state index contributed by atoms with van der Waals surface area (Å²) in [4.78, 5) is -0.300. The lowest BCUT2D eigenvalue weighted by Crippen LogP contribution is -2.40. The Bertz CT molecular complexity index is 574. The van der Waals surface area contributed by atoms with Crippen LogP contribution < -0.4 is 0 Å². The van der Waals surface area contributed by atoms with Crippen LogP contribution in [0.25, 0.3) is 0 Å². The predicted molar refractivity (Wildman–Crippen MR) is 74.1 cm³/mol. The summed E-state index contributed by atoms with van der Waals surface area (Å²) >= 11 is 0. The molecule has 0 spiro atoms. The summed E-state index contributed by atoms with van der Waals surface area (Å²) in [6.07, 6.45) is 2.76. The van der Waals surface area contributed by atoms with Crippen LogP contribution in [0, 0.1) is 11.7 Å². The van der Waals surface area contributed by atoms with E-state index >= 15 is 0 Å². The van der Waals surface area contributed by atoms with E-state index in [0.717, 1.165) is 25.3 Å². The van der Waals surface area contributed by atoms with Crippen molar-refractivity contribution in [2.75, 3.05) is 13.1 Å². The molecular formula is C14H20FNO3S. The van der Waals surface area contributed by atoms with Crippen LogP contribution in [0.2, 0.25) is 0 Å². The summed E-state index contributed by atoms with van der Waals surface area (Å²) in [6.45, 7) is 2.64. The number of halogens is 1. The van der Waals surface area contributed by atoms with Crippen molar-refractivity contribution < 1.29 is 17.9 Å². The zero-order valence-corrected chi connectivity index (χ0v) is 12.4. The maximum Gasteiger partial charge on any atom is 0.245 e. The lowest BCUT2D eigenvalue weighted by molar-refractivity contribution is 0.260. The van der Waals surface area contributed by atoms with Crippen molar-refractivity contribution in [2.24, 2.45) is 5.92 Å². The highest BCUT2D eigenvalue weighted by atomic mass is 32.2. The van der Waals surface area contributed by atoms with Crippen molar-refractivity contribution in [2.45, 2.75) is 37.7 Å². The van der Waals surface area contributed by atoms with E-state index < -0.39 is 15.8 Å². The van der Waals surface area contributed by atoms with E-state index in [1.807, 2.05) is 6.92 Å². The first-order valence-electron chi connectivity index (χ1n) is 6.88. The van der Waals surface area contributed by atoms with Gasteiger partial charge in [-0.15, -0.1) is 0 Å². The van der Waals surface area contributed by atoms with Crippen molar-refractivity contribution >= 4 is 10.0 Å². The molecule has 0 radical (unpaired) electrons. The molecule has 1 N–H and O–H groups in total. The van der Waals surface area contributed by atoms with Crippen molar-refractivity contribution in [1.82, 2.24) is 4.31 Å². The minimum atomic E-state index is -3.78. The fraction of sp³-hybridized carbons (Fsp3) is 0.571. The summed E-state index contributed by atoms with van der Waals surface area (Å²) in [5, 5.41) is 8.94. The molecule has 20 heavy (non-hydrogen) atoms. The van der Waals surface area contributed by atoms with Crippen LogP contribution >= 0.6 is 0 Å². The van der Waals surface area contributed by atoms with Gasteiger partial charge < -0.3 is 5.11 Å². The second kappa shape index (κ2) is 6.20. The number of hydrogen-bond donors (Lipinski definition) is 1. The molecule has 112 valence electrons. The summed E-state index contributed by atoms with van der Waals surface area (Å²) in [7, 11) is -3.78. The summed E-state index contributed by atoms with van der Waals surface area (Å²) in [5.74, 6) is -0.450. The topological polar surface area (TPSA) is 57.6 Å². The molecule has 4 nitrogen and oxygen atoms in total. The molecule has 1 saturated heterocycles. The fourth-order valence-electron chi connectivity index (χ4n) is 2.57. The normalized spacial score (nSPS) is 21.1. The third kappa shape index (κ3) is 3.02. The molecule has 1 aromatic carbocycles. The van der Waals surface area contributed by atoms with Gasteiger partial charge in [0.15, 0.2) is 0 Å². The van der Waals surface area contributed by atoms with E-state index in [4.69, 9.17) is 5.11 Å². The molecule has 1 aromatic rings. The van der Waals surface area contributed by atoms with E-state index in [2.05, 4.69) is 0 Å². The quantitative estimate of drug-likeness (QED) is 0.927. The molecule has 0 saturated carbocycles. The van der Waals surface area contributed by atoms with Gasteiger partial charge in [0.25, 0.3) is 0 Å². The molecule has 1 heterocycles. The van der Waals surface area contributed by atoms with Gasteiger partial charge in [0, 0.05) is 13.1 Å². The molecule has 6 heteroatoms. The summed E-state index contributed by atoms with van der Waals surface area (Å²) in [6, 6.07) is 3.76. The maximum atomic E-state index is 13.9. The van der Waals surface area contributed by atoms with Crippen molar-refractivity contribution in [3.63, 3.8) is 0 Å². The van der Waals surface area contributed by atoms with Crippen LogP contribution in [-0.2, 0) is 16.6 Å². The zero-order chi connectivity index (χ0) is 14.8. The number of aliphatic hydroxyl groups is 1. The molecule has 2 rings (SSSR count). The Balaban J connectivity index is 2.30. The summed E-state index contributed by atoms with van der Waals surface area (Å²) in [5.41, 5.74) is 0.367. The minimum Gasteiger partial charge on any atom is -0.392 e. The van der Waals surface area contributed by atoms with Crippen LogP contribution in [-0.4, -0.2) is 30.9 Å². The van der Waals surface area contributed by atoms with Crippen molar-refractivity contribution in [3.05, 3.63) is 29.6 Å². The minimum absolute atomic E-state index is 0.300. The van der Waals surface area contributed by atoms with Crippen LogP contribution in [0.3, 0.4) is 0 Å². The van der Waals surface area contributed by atoms with Gasteiger partial charge in [-0.1, -0.05) is 19.4 Å². The van der Waals surface area contributed by atoms with Crippen LogP contribution in [0.1, 0.15) is 31.7 Å². The predicted octanol–water partition coefficient (Wildman–Crippen LogP) is 2.13. The Morgan fingerprint density at radius 2 is 2.20 bits per heavy atom. The van der Waals surface area contributed by atoms with Gasteiger partial charge in [-0.2, -0.15) is 4.31 Å². The molecule has 1 fully saturated rings. The van der Waals surface area contributed by atoms with Gasteiger partial charge in [0.05, 0.1) is 6.61 Å². The van der Waals surface area contributed by atoms with Crippen molar-refractivity contribution in [3.8, 4) is 0 Å². The van der Waals surface area contributed by atoms with Gasteiger partial charge >= 0.3 is 0 Å². The Hall–Kier alpha value is -0.980. The van der Waals surface area contributed by atoms with Gasteiger partial charge in [0.2, 0.25) is 10.0 Å². The van der Waals surface area contributed by atoms with Gasteiger partial charge in [0.1, 0.15) is 10.7 Å². The van der Waals surface area contributed by atoms with E-state index in [1.165, 1.54) is 16.4 Å². The van der Waals surface area contributed by atoms with Crippen LogP contribution in [0.4, 0.5) is 4.39 Å². The molecule has 1 atom stereocenters. The third-order valence-electron chi connectivity index (χ3n) is 3.86. The zero-order valence-electron chi connectivity index (χ0n) is 11.5. The molecule has 0 aromatic heterocycles. The highest BCUT2D eigenvalue weighted by Gasteiger charge is 2.31. The van der Waals surface area contributed by atoms with E-state index in [1.54, 1.807) is 0 Å². The largest absolute Gasteiger partial charge is 0.392 e. The highest BCUT2D eigenvalue weighted by Crippen LogP contribution is 2.27. The lowest BCUT2D eigenvalue weighted by Gasteiger charge is -2.31. The second-order valence-corrected chi connectivity index (χ2v) is 7.11. The first kappa shape index (κ1) is 15.4. The Labute approximate surface area is 119 Å². The molecular weight excluding hydrogens is 281 g/mol. The van der Waals surface area contributed by atoms with Crippen molar-refractivity contribution in [1.29, 1.82) is 0 Å². The molecule has 0 bridgehead atoms. The van der Waals surface area contributed by atoms with Gasteiger partial charge in [-0.05, 0) is 36.5 Å². The average molecular weight is 301 g/mol. The lowest BCUT2D eigenvalue weighted by atomic mass is 9.97. The number of sulfonamides is 1. The van der Waals surface area contributed by atoms with E-state index in [9.17, 15) is 12.8 Å². The Morgan fingerprint density at radius 3 is 2.80 bits per heavy atom. The highest BCUT2D eigenvalue weighted by molar-refractivity contribution is 7.89. The number of nitrogens with zero attached hydrogens (tertiary/aromatic N) is 1. The number of benzene rings is 1. The van der Waals surface area contributed by atoms with Gasteiger partial charge in [-0.3, -0.25) is 0 Å². The average Bonchev–Trinajstić information content (AvgIpc) is 2.46. The standard InChI is InChI=1S/C14H20FNO3S/c1-2-11-4-3-7-16(9-11)20(18,19)14-6-5-12(10-17)8-13(14)15/h5-6,8,11,17H,2-4,7,9-10H2,1H3.